The highest BCUT2D eigenvalue weighted by atomic mass is 35.5. The summed E-state index contributed by atoms with van der Waals surface area (Å²) in [5.74, 6) is -0.689. The molecule has 0 radical (unpaired) electrons. The minimum atomic E-state index is -3.72. The summed E-state index contributed by atoms with van der Waals surface area (Å²) in [6.07, 6.45) is 3.25. The van der Waals surface area contributed by atoms with Gasteiger partial charge < -0.3 is 22.6 Å². The van der Waals surface area contributed by atoms with Crippen LogP contribution in [0.1, 0.15) is 67.9 Å². The van der Waals surface area contributed by atoms with Crippen molar-refractivity contribution < 1.29 is 27.5 Å². The monoisotopic (exact) mass is 607 g/mol. The molecule has 0 bridgehead atoms. The van der Waals surface area contributed by atoms with Crippen LogP contribution in [0.4, 0.5) is 0 Å². The molecule has 0 spiro atoms. The van der Waals surface area contributed by atoms with Crippen molar-refractivity contribution in [3.8, 4) is 0 Å². The fourth-order valence-electron chi connectivity index (χ4n) is 4.79. The maximum atomic E-state index is 12.6. The molecule has 216 valence electrons. The molecular weight excluding hydrogens is 575 g/mol. The van der Waals surface area contributed by atoms with Gasteiger partial charge in [-0.15, -0.1) is 12.4 Å². The van der Waals surface area contributed by atoms with Crippen LogP contribution in [0, 0.1) is 7.43 Å². The van der Waals surface area contributed by atoms with E-state index in [-0.39, 0.29) is 47.8 Å². The summed E-state index contributed by atoms with van der Waals surface area (Å²) in [4.78, 5) is 22.9. The molecule has 40 heavy (non-hydrogen) atoms. The predicted octanol–water partition coefficient (Wildman–Crippen LogP) is 5.38. The van der Waals surface area contributed by atoms with Crippen LogP contribution in [0.25, 0.3) is 0 Å². The number of hydrogen-bond donors (Lipinski definition) is 2. The largest absolute Gasteiger partial charge is 0.465 e. The highest BCUT2D eigenvalue weighted by Crippen LogP contribution is 2.34. The number of hydrogen-bond acceptors (Lipinski definition) is 7. The Morgan fingerprint density at radius 1 is 0.875 bits per heavy atom. The number of aryl methyl sites for hydroxylation is 2. The third-order valence-electron chi connectivity index (χ3n) is 6.75. The van der Waals surface area contributed by atoms with E-state index in [1.807, 2.05) is 12.1 Å². The number of esters is 2. The lowest BCUT2D eigenvalue weighted by molar-refractivity contribution is 0.0591. The number of methoxy groups -OCH3 is 2. The standard InChI is InChI=1S/C17H16ClNO4S.C11H13NO2.CH3.ClH/c1-23-17(20)12-6-8-13-11(10-12)7-9-15(13)19-24(21,22)16-5-3-2-4-14(16)18;1-14-11(13)8-2-4-9-7(6-8)3-5-10(9)12;;/h2-6,8,10,15,19H,7,9H2,1H3;2,4,6,10H,3,5,12H2,1H3;1H3;1H/q;;-1;/t15-;10-;;/m11../s1. The van der Waals surface area contributed by atoms with E-state index in [0.29, 0.717) is 24.0 Å². The van der Waals surface area contributed by atoms with Gasteiger partial charge in [0.15, 0.2) is 0 Å². The molecule has 2 atom stereocenters. The van der Waals surface area contributed by atoms with E-state index in [1.54, 1.807) is 42.5 Å². The fraction of sp³-hybridized carbons (Fsp3) is 0.276. The van der Waals surface area contributed by atoms with Gasteiger partial charge in [-0.05, 0) is 84.3 Å². The van der Waals surface area contributed by atoms with E-state index in [1.165, 1.54) is 25.8 Å². The van der Waals surface area contributed by atoms with Gasteiger partial charge in [0.2, 0.25) is 10.0 Å². The highest BCUT2D eigenvalue weighted by molar-refractivity contribution is 7.89. The number of nitrogens with two attached hydrogens (primary N) is 1. The first-order chi connectivity index (χ1) is 18.1. The molecule has 3 aromatic rings. The molecule has 2 aliphatic rings. The summed E-state index contributed by atoms with van der Waals surface area (Å²) in [7, 11) is -1.00. The second-order valence-electron chi connectivity index (χ2n) is 9.10. The van der Waals surface area contributed by atoms with E-state index < -0.39 is 16.0 Å². The van der Waals surface area contributed by atoms with Gasteiger partial charge in [0.05, 0.1) is 30.4 Å². The highest BCUT2D eigenvalue weighted by Gasteiger charge is 2.29. The molecule has 2 aliphatic carbocycles. The van der Waals surface area contributed by atoms with Gasteiger partial charge in [-0.1, -0.05) is 35.9 Å². The molecule has 0 saturated carbocycles. The number of sulfonamides is 1. The van der Waals surface area contributed by atoms with E-state index >= 15 is 0 Å². The summed E-state index contributed by atoms with van der Waals surface area (Å²) in [6, 6.07) is 16.9. The number of carbonyl (C=O) groups is 2. The molecule has 0 heterocycles. The molecule has 11 heteroatoms. The van der Waals surface area contributed by atoms with E-state index in [4.69, 9.17) is 22.1 Å². The van der Waals surface area contributed by atoms with Crippen molar-refractivity contribution >= 4 is 46.0 Å². The summed E-state index contributed by atoms with van der Waals surface area (Å²) >= 11 is 6.00. The molecule has 3 N–H and O–H groups in total. The van der Waals surface area contributed by atoms with Crippen molar-refractivity contribution in [1.29, 1.82) is 0 Å². The SMILES string of the molecule is COC(=O)c1ccc2c(c1)CC[C@H]2N.COC(=O)c1ccc2c(c1)CC[C@H]2NS(=O)(=O)c1ccccc1Cl.Cl.[CH3-]. The third kappa shape index (κ3) is 7.21. The van der Waals surface area contributed by atoms with Crippen LogP contribution in [0.3, 0.4) is 0 Å². The van der Waals surface area contributed by atoms with E-state index in [0.717, 1.165) is 29.5 Å². The lowest BCUT2D eigenvalue weighted by atomic mass is 10.1. The van der Waals surface area contributed by atoms with Crippen LogP contribution >= 0.6 is 24.0 Å². The molecule has 0 fully saturated rings. The maximum absolute atomic E-state index is 12.6. The number of halogens is 2. The molecule has 0 unspecified atom stereocenters. The topological polar surface area (TPSA) is 125 Å². The number of carbonyl (C=O) groups excluding carboxylic acids is 2. The smallest absolute Gasteiger partial charge is 0.337 e. The lowest BCUT2D eigenvalue weighted by Gasteiger charge is -2.15. The molecule has 0 aliphatic heterocycles. The Hall–Kier alpha value is -2.95. The van der Waals surface area contributed by atoms with Gasteiger partial charge in [-0.3, -0.25) is 0 Å². The number of nitrogens with one attached hydrogen (secondary N) is 1. The van der Waals surface area contributed by atoms with E-state index in [2.05, 4.69) is 9.46 Å². The zero-order valence-corrected chi connectivity index (χ0v) is 24.9. The first kappa shape index (κ1) is 33.3. The van der Waals surface area contributed by atoms with Crippen molar-refractivity contribution in [2.75, 3.05) is 14.2 Å². The summed E-state index contributed by atoms with van der Waals surface area (Å²) in [5.41, 5.74) is 11.1. The van der Waals surface area contributed by atoms with Crippen LogP contribution in [-0.4, -0.2) is 34.6 Å². The van der Waals surface area contributed by atoms with Crippen LogP contribution < -0.4 is 10.5 Å². The molecule has 0 saturated heterocycles. The van der Waals surface area contributed by atoms with Gasteiger partial charge in [-0.2, -0.15) is 0 Å². The van der Waals surface area contributed by atoms with Gasteiger partial charge in [-0.25, -0.2) is 22.7 Å². The Kier molecular flexibility index (Phi) is 11.7. The Labute approximate surface area is 246 Å². The second kappa shape index (κ2) is 14.1. The molecule has 5 rings (SSSR count). The number of rotatable bonds is 5. The zero-order chi connectivity index (χ0) is 27.4. The van der Waals surface area contributed by atoms with Crippen molar-refractivity contribution in [2.24, 2.45) is 5.73 Å². The lowest BCUT2D eigenvalue weighted by Crippen LogP contribution is -2.27. The van der Waals surface area contributed by atoms with Gasteiger partial charge in [0.25, 0.3) is 0 Å². The van der Waals surface area contributed by atoms with Crippen LogP contribution in [-0.2, 0) is 32.3 Å². The minimum Gasteiger partial charge on any atom is -0.465 e. The van der Waals surface area contributed by atoms with Crippen molar-refractivity contribution in [1.82, 2.24) is 4.72 Å². The molecule has 8 nitrogen and oxygen atoms in total. The third-order valence-corrected chi connectivity index (χ3v) is 8.73. The Bertz CT molecular complexity index is 1480. The molecule has 0 aromatic heterocycles. The minimum absolute atomic E-state index is 0. The molecule has 0 amide bonds. The Balaban J connectivity index is 0.000000301. The predicted molar refractivity (Wildman–Crippen MR) is 157 cm³/mol. The second-order valence-corrected chi connectivity index (χ2v) is 11.2. The quantitative estimate of drug-likeness (QED) is 0.294. The number of ether oxygens (including phenoxy) is 2. The fourth-order valence-corrected chi connectivity index (χ4v) is 6.56. The van der Waals surface area contributed by atoms with Crippen molar-refractivity contribution in [3.05, 3.63) is 106 Å². The number of benzene rings is 3. The van der Waals surface area contributed by atoms with Crippen molar-refractivity contribution in [2.45, 2.75) is 42.7 Å². The van der Waals surface area contributed by atoms with Gasteiger partial charge in [0.1, 0.15) is 4.90 Å². The van der Waals surface area contributed by atoms with Crippen LogP contribution in [0.15, 0.2) is 65.6 Å². The average molecular weight is 609 g/mol. The van der Waals surface area contributed by atoms with E-state index in [9.17, 15) is 18.0 Å². The molecular formula is C29H33Cl2N2O6S-. The first-order valence-electron chi connectivity index (χ1n) is 12.1. The Morgan fingerprint density at radius 2 is 1.40 bits per heavy atom. The van der Waals surface area contributed by atoms with Gasteiger partial charge in [0, 0.05) is 12.1 Å². The van der Waals surface area contributed by atoms with Crippen LogP contribution in [0.5, 0.6) is 0 Å². The maximum Gasteiger partial charge on any atom is 0.337 e. The summed E-state index contributed by atoms with van der Waals surface area (Å²) < 4.78 is 37.2. The summed E-state index contributed by atoms with van der Waals surface area (Å²) in [6.45, 7) is 0. The average Bonchev–Trinajstić information content (AvgIpc) is 3.50. The normalized spacial score (nSPS) is 16.7. The summed E-state index contributed by atoms with van der Waals surface area (Å²) in [5, 5.41) is 0.184. The number of fused-ring (bicyclic) bond motifs is 2. The van der Waals surface area contributed by atoms with Gasteiger partial charge >= 0.3 is 11.9 Å². The first-order valence-corrected chi connectivity index (χ1v) is 14.0. The zero-order valence-electron chi connectivity index (χ0n) is 22.5. The molecule has 3 aromatic carbocycles. The van der Waals surface area contributed by atoms with Crippen molar-refractivity contribution in [3.63, 3.8) is 0 Å². The Morgan fingerprint density at radius 3 is 1.98 bits per heavy atom. The van der Waals surface area contributed by atoms with Crippen LogP contribution in [0.2, 0.25) is 5.02 Å².